The van der Waals surface area contributed by atoms with E-state index in [9.17, 15) is 9.90 Å². The van der Waals surface area contributed by atoms with Crippen LogP contribution in [0.1, 0.15) is 53.9 Å². The summed E-state index contributed by atoms with van der Waals surface area (Å²) >= 11 is 0. The second-order valence-corrected chi connectivity index (χ2v) is 10.4. The molecule has 1 N–H and O–H groups in total. The number of hydrogen-bond acceptors (Lipinski definition) is 4. The molecule has 2 saturated carbocycles. The molecule has 150 valence electrons. The number of aliphatic hydroxyl groups excluding tert-OH is 1. The van der Waals surface area contributed by atoms with Crippen LogP contribution in [-0.4, -0.2) is 41.7 Å². The molecule has 1 spiro atoms. The third kappa shape index (κ3) is 1.76. The number of hydrogen-bond donors (Lipinski definition) is 1. The number of fused-ring (bicyclic) bond motifs is 3. The highest BCUT2D eigenvalue weighted by atomic mass is 19.1. The van der Waals surface area contributed by atoms with Gasteiger partial charge in [0.2, 0.25) is 0 Å². The minimum absolute atomic E-state index is 0.0632. The van der Waals surface area contributed by atoms with Crippen molar-refractivity contribution in [2.24, 2.45) is 34.5 Å². The van der Waals surface area contributed by atoms with Gasteiger partial charge in [0.25, 0.3) is 0 Å². The van der Waals surface area contributed by atoms with E-state index in [2.05, 4.69) is 20.8 Å². The molecule has 3 aliphatic carbocycles. The largest absolute Gasteiger partial charge is 0.458 e. The van der Waals surface area contributed by atoms with Crippen LogP contribution in [-0.2, 0) is 14.3 Å². The van der Waals surface area contributed by atoms with Crippen molar-refractivity contribution in [1.29, 1.82) is 0 Å². The van der Waals surface area contributed by atoms with Crippen molar-refractivity contribution in [1.82, 2.24) is 0 Å². The number of cyclic esters (lactones) is 1. The summed E-state index contributed by atoms with van der Waals surface area (Å²) in [5.74, 6) is -0.419. The Bertz CT molecular complexity index is 747. The van der Waals surface area contributed by atoms with Crippen LogP contribution < -0.4 is 0 Å². The van der Waals surface area contributed by atoms with Gasteiger partial charge in [-0.1, -0.05) is 34.6 Å². The first kappa shape index (κ1) is 18.1. The number of halogens is 1. The predicted molar refractivity (Wildman–Crippen MR) is 97.5 cm³/mol. The van der Waals surface area contributed by atoms with Crippen LogP contribution in [0.5, 0.6) is 0 Å². The van der Waals surface area contributed by atoms with E-state index in [1.165, 1.54) is 0 Å². The summed E-state index contributed by atoms with van der Waals surface area (Å²) in [7, 11) is 0. The van der Waals surface area contributed by atoms with Crippen LogP contribution in [0.2, 0.25) is 0 Å². The summed E-state index contributed by atoms with van der Waals surface area (Å²) in [4.78, 5) is 12.1. The van der Waals surface area contributed by atoms with Crippen LogP contribution in [0, 0.1) is 34.5 Å². The lowest BCUT2D eigenvalue weighted by molar-refractivity contribution is -0.216. The van der Waals surface area contributed by atoms with Crippen LogP contribution >= 0.6 is 0 Å². The van der Waals surface area contributed by atoms with Gasteiger partial charge in [0.15, 0.2) is 0 Å². The minimum Gasteiger partial charge on any atom is -0.458 e. The van der Waals surface area contributed by atoms with Gasteiger partial charge in [-0.05, 0) is 48.0 Å². The van der Waals surface area contributed by atoms with Gasteiger partial charge in [0.1, 0.15) is 18.4 Å². The molecule has 1 saturated heterocycles. The van der Waals surface area contributed by atoms with Crippen molar-refractivity contribution in [2.45, 2.75) is 77.9 Å². The molecule has 2 heterocycles. The van der Waals surface area contributed by atoms with E-state index >= 15 is 4.39 Å². The summed E-state index contributed by atoms with van der Waals surface area (Å²) < 4.78 is 27.6. The molecule has 2 aliphatic heterocycles. The Hall–Kier alpha value is -0.940. The molecule has 0 aromatic carbocycles. The highest BCUT2D eigenvalue weighted by Gasteiger charge is 2.84. The molecule has 3 fully saturated rings. The summed E-state index contributed by atoms with van der Waals surface area (Å²) in [5.41, 5.74) is 0.451. The molecular formula is C22H31FO4. The Morgan fingerprint density at radius 2 is 2.00 bits per heavy atom. The Morgan fingerprint density at radius 3 is 2.67 bits per heavy atom. The molecule has 9 atom stereocenters. The van der Waals surface area contributed by atoms with Crippen molar-refractivity contribution in [2.75, 3.05) is 6.61 Å². The lowest BCUT2D eigenvalue weighted by atomic mass is 9.37. The smallest absolute Gasteiger partial charge is 0.334 e. The molecule has 27 heavy (non-hydrogen) atoms. The third-order valence-corrected chi connectivity index (χ3v) is 9.62. The van der Waals surface area contributed by atoms with E-state index in [0.29, 0.717) is 13.0 Å². The molecule has 0 bridgehead atoms. The van der Waals surface area contributed by atoms with Crippen molar-refractivity contribution in [3.8, 4) is 0 Å². The van der Waals surface area contributed by atoms with E-state index in [0.717, 1.165) is 24.0 Å². The summed E-state index contributed by atoms with van der Waals surface area (Å²) in [6, 6.07) is 0. The fourth-order valence-electron chi connectivity index (χ4n) is 7.80. The van der Waals surface area contributed by atoms with Gasteiger partial charge < -0.3 is 14.6 Å². The van der Waals surface area contributed by atoms with E-state index in [-0.39, 0.29) is 35.2 Å². The molecule has 5 rings (SSSR count). The van der Waals surface area contributed by atoms with Gasteiger partial charge >= 0.3 is 5.97 Å². The zero-order chi connectivity index (χ0) is 19.5. The summed E-state index contributed by atoms with van der Waals surface area (Å²) in [6.45, 7) is 10.8. The average Bonchev–Trinajstić information content (AvgIpc) is 3.23. The van der Waals surface area contributed by atoms with E-state index in [1.807, 2.05) is 13.8 Å². The van der Waals surface area contributed by atoms with Gasteiger partial charge in [0.05, 0.1) is 12.2 Å². The number of aliphatic hydroxyl groups is 1. The quantitative estimate of drug-likeness (QED) is 0.561. The molecule has 0 aromatic heterocycles. The van der Waals surface area contributed by atoms with Gasteiger partial charge in [0, 0.05) is 16.9 Å². The zero-order valence-corrected chi connectivity index (χ0v) is 16.9. The fraction of sp³-hybridized carbons (Fsp3) is 0.864. The van der Waals surface area contributed by atoms with Crippen LogP contribution in [0.25, 0.3) is 0 Å². The summed E-state index contributed by atoms with van der Waals surface area (Å²) in [5, 5.41) is 11.2. The lowest BCUT2D eigenvalue weighted by Crippen LogP contribution is -2.71. The van der Waals surface area contributed by atoms with Crippen LogP contribution in [0.4, 0.5) is 4.39 Å². The number of alkyl halides is 1. The number of rotatable bonds is 1. The highest BCUT2D eigenvalue weighted by Crippen LogP contribution is 2.77. The second kappa shape index (κ2) is 5.15. The standard InChI is InChI=1S/C22H31FO4/c1-10(2)16-17(24)11(3)21(5)20(4)7-6-12-13(9-26-19(12)25)14(20)8-15-22(21,27-15)18(16)23/h10-11,14-18,24H,6-9H2,1-5H3/t11-,14-,15-,16?,17-,18-,20-,21-,22+/m0/s1. The normalized spacial score (nSPS) is 56.2. The van der Waals surface area contributed by atoms with Crippen molar-refractivity contribution >= 4 is 5.97 Å². The first-order valence-electron chi connectivity index (χ1n) is 10.5. The van der Waals surface area contributed by atoms with Gasteiger partial charge in [-0.2, -0.15) is 0 Å². The number of epoxide rings is 1. The second-order valence-electron chi connectivity index (χ2n) is 10.4. The maximum absolute atomic E-state index is 16.0. The van der Waals surface area contributed by atoms with Crippen molar-refractivity contribution in [3.05, 3.63) is 11.1 Å². The predicted octanol–water partition coefficient (Wildman–Crippen LogP) is 3.42. The number of esters is 1. The Kier molecular flexibility index (Phi) is 3.46. The number of carbonyl (C=O) groups is 1. The maximum atomic E-state index is 16.0. The molecular weight excluding hydrogens is 347 g/mol. The minimum atomic E-state index is -1.16. The fourth-order valence-corrected chi connectivity index (χ4v) is 7.80. The van der Waals surface area contributed by atoms with Gasteiger partial charge in [-0.25, -0.2) is 9.18 Å². The average molecular weight is 378 g/mol. The van der Waals surface area contributed by atoms with E-state index in [4.69, 9.17) is 9.47 Å². The third-order valence-electron chi connectivity index (χ3n) is 9.62. The van der Waals surface area contributed by atoms with Crippen molar-refractivity contribution < 1.29 is 23.8 Å². The molecule has 1 unspecified atom stereocenters. The maximum Gasteiger partial charge on any atom is 0.334 e. The first-order chi connectivity index (χ1) is 12.6. The molecule has 5 aliphatic rings. The number of carbonyl (C=O) groups excluding carboxylic acids is 1. The zero-order valence-electron chi connectivity index (χ0n) is 16.9. The van der Waals surface area contributed by atoms with Crippen molar-refractivity contribution in [3.63, 3.8) is 0 Å². The van der Waals surface area contributed by atoms with Gasteiger partial charge in [-0.3, -0.25) is 0 Å². The topological polar surface area (TPSA) is 59.1 Å². The Balaban J connectivity index is 1.65. The number of ether oxygens (including phenoxy) is 2. The summed E-state index contributed by atoms with van der Waals surface area (Å²) in [6.07, 6.45) is 0.284. The monoisotopic (exact) mass is 378 g/mol. The molecule has 5 heteroatoms. The first-order valence-corrected chi connectivity index (χ1v) is 10.5. The molecule has 4 nitrogen and oxygen atoms in total. The lowest BCUT2D eigenvalue weighted by Gasteiger charge is -2.65. The van der Waals surface area contributed by atoms with Crippen LogP contribution in [0.3, 0.4) is 0 Å². The van der Waals surface area contributed by atoms with E-state index < -0.39 is 29.2 Å². The Morgan fingerprint density at radius 1 is 1.30 bits per heavy atom. The highest BCUT2D eigenvalue weighted by molar-refractivity contribution is 5.92. The van der Waals surface area contributed by atoms with E-state index in [1.54, 1.807) is 0 Å². The molecule has 0 amide bonds. The van der Waals surface area contributed by atoms with Crippen LogP contribution in [0.15, 0.2) is 11.1 Å². The molecule has 0 radical (unpaired) electrons. The SMILES string of the molecule is CC(C)C1[C@@H](O)[C@H](C)[C@]2(C)[C@]3(O[C@H]3C[C@H]3C4=C(CC[C@@]32C)C(=O)OC4)[C@H]1F. The van der Waals surface area contributed by atoms with Gasteiger partial charge in [-0.15, -0.1) is 0 Å². The Labute approximate surface area is 160 Å². The molecule has 0 aromatic rings.